The van der Waals surface area contributed by atoms with E-state index in [1.54, 1.807) is 23.6 Å². The molecule has 1 amide bonds. The molecule has 0 radical (unpaired) electrons. The van der Waals surface area contributed by atoms with Crippen molar-refractivity contribution in [1.29, 1.82) is 0 Å². The molecule has 1 aromatic heterocycles. The van der Waals surface area contributed by atoms with Crippen LogP contribution in [0.1, 0.15) is 39.5 Å². The van der Waals surface area contributed by atoms with Gasteiger partial charge in [0.05, 0.1) is 10.6 Å². The number of thiophene rings is 1. The largest absolute Gasteiger partial charge is 0.324 e. The summed E-state index contributed by atoms with van der Waals surface area (Å²) in [7, 11) is -3.71. The number of hydrogen-bond donors (Lipinski definition) is 1. The zero-order chi connectivity index (χ0) is 20.1. The third-order valence-corrected chi connectivity index (χ3v) is 8.30. The number of anilines is 1. The van der Waals surface area contributed by atoms with Crippen LogP contribution in [0.4, 0.5) is 5.69 Å². The molecule has 28 heavy (non-hydrogen) atoms. The van der Waals surface area contributed by atoms with Crippen LogP contribution in [0, 0.1) is 20.8 Å². The molecule has 2 heterocycles. The Balaban J connectivity index is 1.84. The van der Waals surface area contributed by atoms with Crippen LogP contribution in [0.15, 0.2) is 57.6 Å². The summed E-state index contributed by atoms with van der Waals surface area (Å²) in [5.74, 6) is -0.288. The molecule has 4 rings (SSSR count). The fourth-order valence-corrected chi connectivity index (χ4v) is 6.57. The molecule has 0 spiro atoms. The second-order valence-corrected chi connectivity index (χ2v) is 10.1. The van der Waals surface area contributed by atoms with E-state index in [1.807, 2.05) is 26.0 Å². The van der Waals surface area contributed by atoms with E-state index in [2.05, 4.69) is 24.4 Å². The smallest absolute Gasteiger partial charge is 0.225 e. The van der Waals surface area contributed by atoms with Gasteiger partial charge in [-0.1, -0.05) is 30.3 Å². The zero-order valence-electron chi connectivity index (χ0n) is 15.9. The lowest BCUT2D eigenvalue weighted by atomic mass is 9.89. The highest BCUT2D eigenvalue weighted by molar-refractivity contribution is 7.91. The maximum Gasteiger partial charge on any atom is 0.225 e. The summed E-state index contributed by atoms with van der Waals surface area (Å²) in [5.41, 5.74) is 4.71. The first kappa shape index (κ1) is 18.9. The molecule has 6 heteroatoms. The van der Waals surface area contributed by atoms with Gasteiger partial charge in [0.25, 0.3) is 0 Å². The van der Waals surface area contributed by atoms with E-state index in [0.29, 0.717) is 12.1 Å². The van der Waals surface area contributed by atoms with Crippen LogP contribution in [0.5, 0.6) is 0 Å². The maximum absolute atomic E-state index is 13.2. The second-order valence-electron chi connectivity index (χ2n) is 7.31. The van der Waals surface area contributed by atoms with Crippen LogP contribution >= 0.6 is 11.3 Å². The molecule has 0 aliphatic carbocycles. The van der Waals surface area contributed by atoms with E-state index in [-0.39, 0.29) is 21.6 Å². The predicted octanol–water partition coefficient (Wildman–Crippen LogP) is 4.98. The zero-order valence-corrected chi connectivity index (χ0v) is 17.6. The summed E-state index contributed by atoms with van der Waals surface area (Å²) < 4.78 is 26.4. The van der Waals surface area contributed by atoms with Gasteiger partial charge in [-0.05, 0) is 55.2 Å². The first-order valence-electron chi connectivity index (χ1n) is 9.07. The van der Waals surface area contributed by atoms with Gasteiger partial charge in [0, 0.05) is 22.6 Å². The van der Waals surface area contributed by atoms with Crippen LogP contribution in [-0.4, -0.2) is 14.3 Å². The number of hydrogen-bond acceptors (Lipinski definition) is 4. The van der Waals surface area contributed by atoms with Crippen LogP contribution < -0.4 is 5.32 Å². The highest BCUT2D eigenvalue weighted by Gasteiger charge is 2.34. The number of fused-ring (bicyclic) bond motifs is 1. The predicted molar refractivity (Wildman–Crippen MR) is 112 cm³/mol. The number of sulfone groups is 1. The van der Waals surface area contributed by atoms with Gasteiger partial charge in [0.1, 0.15) is 4.90 Å². The van der Waals surface area contributed by atoms with Crippen molar-refractivity contribution in [3.05, 3.63) is 75.0 Å². The van der Waals surface area contributed by atoms with Crippen molar-refractivity contribution in [1.82, 2.24) is 0 Å². The molecular formula is C22H21NO3S2. The average Bonchev–Trinajstić information content (AvgIpc) is 3.08. The first-order valence-corrected chi connectivity index (χ1v) is 11.4. The fraction of sp³-hybridized carbons (Fsp3) is 0.227. The van der Waals surface area contributed by atoms with Crippen LogP contribution in [0.3, 0.4) is 0 Å². The van der Waals surface area contributed by atoms with E-state index in [1.165, 1.54) is 16.9 Å². The van der Waals surface area contributed by atoms with E-state index in [9.17, 15) is 13.2 Å². The van der Waals surface area contributed by atoms with Crippen LogP contribution in [-0.2, 0) is 14.6 Å². The second kappa shape index (κ2) is 6.87. The molecule has 1 N–H and O–H groups in total. The number of carbonyl (C=O) groups is 1. The van der Waals surface area contributed by atoms with Gasteiger partial charge in [-0.2, -0.15) is 0 Å². The van der Waals surface area contributed by atoms with Crippen LogP contribution in [0.25, 0.3) is 0 Å². The van der Waals surface area contributed by atoms with Crippen molar-refractivity contribution in [2.45, 2.75) is 42.9 Å². The summed E-state index contributed by atoms with van der Waals surface area (Å²) in [5, 5.41) is 4.47. The Kier molecular flexibility index (Phi) is 4.63. The van der Waals surface area contributed by atoms with Crippen molar-refractivity contribution in [3.8, 4) is 0 Å². The summed E-state index contributed by atoms with van der Waals surface area (Å²) in [6.45, 7) is 5.96. The van der Waals surface area contributed by atoms with Gasteiger partial charge in [0.2, 0.25) is 15.7 Å². The molecule has 0 saturated carbocycles. The molecule has 1 aliphatic heterocycles. The van der Waals surface area contributed by atoms with E-state index in [0.717, 1.165) is 21.6 Å². The molecule has 1 atom stereocenters. The van der Waals surface area contributed by atoms with Crippen molar-refractivity contribution in [2.24, 2.45) is 0 Å². The fourth-order valence-electron chi connectivity index (χ4n) is 3.56. The van der Waals surface area contributed by atoms with Crippen molar-refractivity contribution in [2.75, 3.05) is 5.32 Å². The molecule has 0 saturated heterocycles. The molecule has 4 nitrogen and oxygen atoms in total. The van der Waals surface area contributed by atoms with Gasteiger partial charge in [-0.15, -0.1) is 11.3 Å². The summed E-state index contributed by atoms with van der Waals surface area (Å²) in [4.78, 5) is 13.8. The first-order chi connectivity index (χ1) is 13.3. The Labute approximate surface area is 169 Å². The quantitative estimate of drug-likeness (QED) is 0.661. The van der Waals surface area contributed by atoms with E-state index >= 15 is 0 Å². The SMILES string of the molecule is Cc1cccc(S(=O)(=O)c2csc3c2NC(=O)C[C@H]3c2ccc(C)c(C)c2)c1. The molecular weight excluding hydrogens is 390 g/mol. The lowest BCUT2D eigenvalue weighted by molar-refractivity contribution is -0.116. The minimum absolute atomic E-state index is 0.130. The van der Waals surface area contributed by atoms with Gasteiger partial charge in [-0.25, -0.2) is 8.42 Å². The number of carbonyl (C=O) groups excluding carboxylic acids is 1. The summed E-state index contributed by atoms with van der Waals surface area (Å²) in [6, 6.07) is 13.0. The highest BCUT2D eigenvalue weighted by atomic mass is 32.2. The highest BCUT2D eigenvalue weighted by Crippen LogP contribution is 2.46. The normalized spacial score (nSPS) is 16.5. The Hall–Kier alpha value is -2.44. The van der Waals surface area contributed by atoms with Crippen LogP contribution in [0.2, 0.25) is 0 Å². The van der Waals surface area contributed by atoms with Gasteiger partial charge >= 0.3 is 0 Å². The molecule has 2 aromatic carbocycles. The Morgan fingerprint density at radius 2 is 1.82 bits per heavy atom. The monoisotopic (exact) mass is 411 g/mol. The van der Waals surface area contributed by atoms with Gasteiger partial charge in [-0.3, -0.25) is 4.79 Å². The third-order valence-electron chi connectivity index (χ3n) is 5.28. The van der Waals surface area contributed by atoms with Crippen molar-refractivity contribution >= 4 is 32.8 Å². The van der Waals surface area contributed by atoms with Gasteiger partial charge < -0.3 is 5.32 Å². The minimum atomic E-state index is -3.71. The number of rotatable bonds is 3. The Bertz CT molecular complexity index is 1190. The topological polar surface area (TPSA) is 63.2 Å². The molecule has 0 fully saturated rings. The standard InChI is InChI=1S/C22H21NO3S2/c1-13-5-4-6-17(9-13)28(25,26)19-12-27-22-18(11-20(24)23-21(19)22)16-8-7-14(2)15(3)10-16/h4-10,12,18H,11H2,1-3H3,(H,23,24)/t18-/m0/s1. The lowest BCUT2D eigenvalue weighted by Gasteiger charge is -2.24. The molecule has 0 unspecified atom stereocenters. The molecule has 3 aromatic rings. The Morgan fingerprint density at radius 3 is 2.54 bits per heavy atom. The number of benzene rings is 2. The maximum atomic E-state index is 13.2. The summed E-state index contributed by atoms with van der Waals surface area (Å²) >= 11 is 1.40. The molecule has 0 bridgehead atoms. The number of aryl methyl sites for hydroxylation is 3. The lowest BCUT2D eigenvalue weighted by Crippen LogP contribution is -2.23. The molecule has 1 aliphatic rings. The number of nitrogens with one attached hydrogen (secondary N) is 1. The van der Waals surface area contributed by atoms with Gasteiger partial charge in [0.15, 0.2) is 0 Å². The van der Waals surface area contributed by atoms with Crippen molar-refractivity contribution < 1.29 is 13.2 Å². The van der Waals surface area contributed by atoms with Crippen molar-refractivity contribution in [3.63, 3.8) is 0 Å². The van der Waals surface area contributed by atoms with E-state index < -0.39 is 9.84 Å². The average molecular weight is 412 g/mol. The third kappa shape index (κ3) is 3.16. The number of amides is 1. The van der Waals surface area contributed by atoms with E-state index in [4.69, 9.17) is 0 Å². The summed E-state index contributed by atoms with van der Waals surface area (Å²) in [6.07, 6.45) is 0.319. The molecule has 144 valence electrons. The Morgan fingerprint density at radius 1 is 1.04 bits per heavy atom. The minimum Gasteiger partial charge on any atom is -0.324 e.